The minimum absolute atomic E-state index is 0.0709. The van der Waals surface area contributed by atoms with Crippen LogP contribution in [0.15, 0.2) is 63.3 Å². The Balaban J connectivity index is 1.56. The van der Waals surface area contributed by atoms with Crippen molar-refractivity contribution in [3.05, 3.63) is 85.5 Å². The van der Waals surface area contributed by atoms with Gasteiger partial charge in [0.1, 0.15) is 0 Å². The molecular formula is C25H24ClN7O3S. The second-order valence-corrected chi connectivity index (χ2v) is 9.94. The first-order chi connectivity index (χ1) is 17.8. The van der Waals surface area contributed by atoms with Crippen molar-refractivity contribution in [1.82, 2.24) is 28.3 Å². The van der Waals surface area contributed by atoms with E-state index in [4.69, 9.17) is 11.6 Å². The van der Waals surface area contributed by atoms with Gasteiger partial charge >= 0.3 is 5.69 Å². The SMILES string of the molecule is CCc1ccccc1NC(=O)CSc1nnc2n(Cc3ccc(Cl)cc3)c3c(=O)n(C)c(=O)n(C)c3n12. The molecule has 3 heterocycles. The van der Waals surface area contributed by atoms with Crippen LogP contribution in [0.2, 0.25) is 5.02 Å². The van der Waals surface area contributed by atoms with Crippen molar-refractivity contribution >= 4 is 51.9 Å². The molecule has 1 N–H and O–H groups in total. The van der Waals surface area contributed by atoms with Crippen molar-refractivity contribution in [2.24, 2.45) is 14.1 Å². The van der Waals surface area contributed by atoms with Crippen LogP contribution >= 0.6 is 23.4 Å². The number of para-hydroxylation sites is 1. The lowest BCUT2D eigenvalue weighted by Crippen LogP contribution is -2.37. The van der Waals surface area contributed by atoms with Crippen LogP contribution in [-0.2, 0) is 31.9 Å². The normalized spacial score (nSPS) is 11.5. The highest BCUT2D eigenvalue weighted by Crippen LogP contribution is 2.25. The number of hydrogen-bond acceptors (Lipinski definition) is 6. The number of rotatable bonds is 7. The van der Waals surface area contributed by atoms with E-state index in [-0.39, 0.29) is 11.7 Å². The van der Waals surface area contributed by atoms with Crippen LogP contribution in [0.5, 0.6) is 0 Å². The lowest BCUT2D eigenvalue weighted by atomic mass is 10.1. The summed E-state index contributed by atoms with van der Waals surface area (Å²) < 4.78 is 5.85. The second kappa shape index (κ2) is 9.91. The van der Waals surface area contributed by atoms with Crippen molar-refractivity contribution in [3.8, 4) is 0 Å². The molecule has 0 saturated heterocycles. The van der Waals surface area contributed by atoms with Crippen LogP contribution in [-0.4, -0.2) is 40.0 Å². The summed E-state index contributed by atoms with van der Waals surface area (Å²) in [7, 11) is 3.04. The number of nitrogens with zero attached hydrogens (tertiary/aromatic N) is 6. The van der Waals surface area contributed by atoms with Crippen molar-refractivity contribution in [1.29, 1.82) is 0 Å². The Morgan fingerprint density at radius 3 is 2.49 bits per heavy atom. The topological polar surface area (TPSA) is 108 Å². The van der Waals surface area contributed by atoms with Crippen molar-refractivity contribution in [2.75, 3.05) is 11.1 Å². The first-order valence-electron chi connectivity index (χ1n) is 11.6. The van der Waals surface area contributed by atoms with Gasteiger partial charge in [-0.2, -0.15) is 0 Å². The Kier molecular flexibility index (Phi) is 6.65. The average Bonchev–Trinajstić information content (AvgIpc) is 3.45. The molecule has 190 valence electrons. The number of aromatic nitrogens is 6. The van der Waals surface area contributed by atoms with E-state index in [2.05, 4.69) is 15.5 Å². The minimum Gasteiger partial charge on any atom is -0.325 e. The molecule has 0 atom stereocenters. The number of benzene rings is 2. The Bertz CT molecular complexity index is 1770. The smallest absolute Gasteiger partial charge is 0.325 e. The van der Waals surface area contributed by atoms with E-state index in [9.17, 15) is 14.4 Å². The molecule has 0 aliphatic heterocycles. The lowest BCUT2D eigenvalue weighted by Gasteiger charge is -2.09. The molecule has 5 aromatic rings. The van der Waals surface area contributed by atoms with E-state index in [0.717, 1.165) is 27.8 Å². The number of anilines is 1. The lowest BCUT2D eigenvalue weighted by molar-refractivity contribution is -0.113. The van der Waals surface area contributed by atoms with Crippen LogP contribution in [0.25, 0.3) is 16.9 Å². The molecule has 10 nitrogen and oxygen atoms in total. The Morgan fingerprint density at radius 2 is 1.76 bits per heavy atom. The molecule has 0 radical (unpaired) electrons. The number of thioether (sulfide) groups is 1. The van der Waals surface area contributed by atoms with E-state index in [1.54, 1.807) is 28.1 Å². The highest BCUT2D eigenvalue weighted by atomic mass is 35.5. The van der Waals surface area contributed by atoms with Gasteiger partial charge in [0.05, 0.1) is 12.3 Å². The summed E-state index contributed by atoms with van der Waals surface area (Å²) in [5.41, 5.74) is 2.47. The number of fused-ring (bicyclic) bond motifs is 3. The Morgan fingerprint density at radius 1 is 1.03 bits per heavy atom. The fraction of sp³-hybridized carbons (Fsp3) is 0.240. The Hall–Kier alpha value is -3.83. The van der Waals surface area contributed by atoms with Gasteiger partial charge in [-0.25, -0.2) is 9.20 Å². The third kappa shape index (κ3) is 4.44. The van der Waals surface area contributed by atoms with E-state index in [1.165, 1.54) is 23.4 Å². The number of halogens is 1. The number of hydrogen-bond donors (Lipinski definition) is 1. The third-order valence-electron chi connectivity index (χ3n) is 6.21. The number of carbonyl (C=O) groups is 1. The highest BCUT2D eigenvalue weighted by Gasteiger charge is 2.24. The summed E-state index contributed by atoms with van der Waals surface area (Å²) in [6.45, 7) is 2.34. The summed E-state index contributed by atoms with van der Waals surface area (Å²) in [6, 6.07) is 14.9. The third-order valence-corrected chi connectivity index (χ3v) is 7.39. The largest absolute Gasteiger partial charge is 0.332 e. The fourth-order valence-electron chi connectivity index (χ4n) is 4.31. The number of imidazole rings is 1. The van der Waals surface area contributed by atoms with Gasteiger partial charge in [-0.15, -0.1) is 10.2 Å². The summed E-state index contributed by atoms with van der Waals surface area (Å²) >= 11 is 7.22. The molecule has 0 aliphatic carbocycles. The van der Waals surface area contributed by atoms with Gasteiger partial charge < -0.3 is 5.32 Å². The molecule has 37 heavy (non-hydrogen) atoms. The molecule has 0 spiro atoms. The first kappa shape index (κ1) is 24.8. The minimum atomic E-state index is -0.471. The summed E-state index contributed by atoms with van der Waals surface area (Å²) in [5, 5.41) is 12.6. The first-order valence-corrected chi connectivity index (χ1v) is 12.9. The molecule has 1 amide bonds. The molecule has 5 rings (SSSR count). The van der Waals surface area contributed by atoms with Crippen LogP contribution in [0.4, 0.5) is 5.69 Å². The maximum atomic E-state index is 13.3. The molecule has 12 heteroatoms. The summed E-state index contributed by atoms with van der Waals surface area (Å²) in [4.78, 5) is 38.8. The number of aryl methyl sites for hydroxylation is 2. The molecule has 0 unspecified atom stereocenters. The molecule has 0 saturated carbocycles. The van der Waals surface area contributed by atoms with Crippen LogP contribution in [0.1, 0.15) is 18.1 Å². The standard InChI is InChI=1S/C25H24ClN7O3S/c1-4-16-7-5-6-8-18(16)27-19(34)14-37-24-29-28-23-32(13-15-9-11-17(26)12-10-15)20-21(33(23)24)30(2)25(36)31(3)22(20)35/h5-12H,4,13-14H2,1-3H3,(H,27,34). The summed E-state index contributed by atoms with van der Waals surface area (Å²) in [5.74, 6) is 0.265. The predicted molar refractivity (Wildman–Crippen MR) is 145 cm³/mol. The maximum Gasteiger partial charge on any atom is 0.332 e. The van der Waals surface area contributed by atoms with Gasteiger partial charge in [0, 0.05) is 24.8 Å². The van der Waals surface area contributed by atoms with E-state index in [1.807, 2.05) is 43.3 Å². The van der Waals surface area contributed by atoms with Crippen LogP contribution in [0.3, 0.4) is 0 Å². The molecule has 0 aliphatic rings. The molecule has 0 bridgehead atoms. The highest BCUT2D eigenvalue weighted by molar-refractivity contribution is 7.99. The zero-order chi connectivity index (χ0) is 26.3. The van der Waals surface area contributed by atoms with E-state index < -0.39 is 11.2 Å². The van der Waals surface area contributed by atoms with Gasteiger partial charge in [0.2, 0.25) is 11.7 Å². The predicted octanol–water partition coefficient (Wildman–Crippen LogP) is 3.08. The number of amides is 1. The zero-order valence-electron chi connectivity index (χ0n) is 20.4. The monoisotopic (exact) mass is 537 g/mol. The summed E-state index contributed by atoms with van der Waals surface area (Å²) in [6.07, 6.45) is 0.796. The van der Waals surface area contributed by atoms with E-state index >= 15 is 0 Å². The van der Waals surface area contributed by atoms with Crippen LogP contribution in [0, 0.1) is 0 Å². The molecule has 0 fully saturated rings. The Labute approximate surface area is 220 Å². The molecule has 2 aromatic carbocycles. The van der Waals surface area contributed by atoms with Gasteiger partial charge in [-0.3, -0.25) is 23.3 Å². The molecule has 3 aromatic heterocycles. The molecular weight excluding hydrogens is 514 g/mol. The van der Waals surface area contributed by atoms with Crippen LogP contribution < -0.4 is 16.6 Å². The van der Waals surface area contributed by atoms with Crippen molar-refractivity contribution in [2.45, 2.75) is 25.0 Å². The number of nitrogens with one attached hydrogen (secondary N) is 1. The zero-order valence-corrected chi connectivity index (χ0v) is 22.0. The van der Waals surface area contributed by atoms with Gasteiger partial charge in [0.15, 0.2) is 16.3 Å². The number of carbonyl (C=O) groups excluding carboxylic acids is 1. The van der Waals surface area contributed by atoms with Gasteiger partial charge in [0.25, 0.3) is 5.56 Å². The van der Waals surface area contributed by atoms with Gasteiger partial charge in [-0.05, 0) is 35.7 Å². The maximum absolute atomic E-state index is 13.3. The van der Waals surface area contributed by atoms with E-state index in [0.29, 0.717) is 33.7 Å². The van der Waals surface area contributed by atoms with Crippen molar-refractivity contribution in [3.63, 3.8) is 0 Å². The second-order valence-electron chi connectivity index (χ2n) is 8.56. The quantitative estimate of drug-likeness (QED) is 0.320. The fourth-order valence-corrected chi connectivity index (χ4v) is 5.17. The average molecular weight is 538 g/mol. The van der Waals surface area contributed by atoms with Crippen molar-refractivity contribution < 1.29 is 4.79 Å². The van der Waals surface area contributed by atoms with Gasteiger partial charge in [-0.1, -0.05) is 60.6 Å².